The lowest BCUT2D eigenvalue weighted by Gasteiger charge is -2.13. The second kappa shape index (κ2) is 8.10. The molecule has 0 aliphatic rings. The van der Waals surface area contributed by atoms with Crippen LogP contribution < -0.4 is 18.9 Å². The van der Waals surface area contributed by atoms with Gasteiger partial charge in [-0.15, -0.1) is 0 Å². The molecule has 0 fully saturated rings. The van der Waals surface area contributed by atoms with Crippen LogP contribution in [-0.2, 0) is 0 Å². The van der Waals surface area contributed by atoms with Crippen molar-refractivity contribution < 1.29 is 28.8 Å². The van der Waals surface area contributed by atoms with Gasteiger partial charge in [0.25, 0.3) is 0 Å². The number of methoxy groups -OCH3 is 4. The zero-order valence-corrected chi connectivity index (χ0v) is 14.5. The average molecular weight is 344 g/mol. The second-order valence-electron chi connectivity index (χ2n) is 5.04. The highest BCUT2D eigenvalue weighted by molar-refractivity contribution is 6.07. The highest BCUT2D eigenvalue weighted by atomic mass is 16.5. The summed E-state index contributed by atoms with van der Waals surface area (Å²) in [5, 5.41) is 9.78. The first kappa shape index (κ1) is 18.2. The largest absolute Gasteiger partial charge is 0.504 e. The normalized spacial score (nSPS) is 10.6. The Morgan fingerprint density at radius 2 is 1.48 bits per heavy atom. The van der Waals surface area contributed by atoms with E-state index in [9.17, 15) is 9.90 Å². The Hall–Kier alpha value is -3.15. The van der Waals surface area contributed by atoms with Crippen LogP contribution in [0.25, 0.3) is 6.08 Å². The van der Waals surface area contributed by atoms with Gasteiger partial charge in [0.05, 0.1) is 28.4 Å². The van der Waals surface area contributed by atoms with E-state index in [0.717, 1.165) is 0 Å². The number of phenolic OH excluding ortho intramolecular Hbond substituents is 1. The van der Waals surface area contributed by atoms with Crippen LogP contribution in [0.15, 0.2) is 36.4 Å². The molecule has 0 unspecified atom stereocenters. The molecule has 0 spiro atoms. The van der Waals surface area contributed by atoms with Gasteiger partial charge in [0.1, 0.15) is 0 Å². The minimum atomic E-state index is -0.241. The van der Waals surface area contributed by atoms with Gasteiger partial charge in [-0.1, -0.05) is 12.1 Å². The van der Waals surface area contributed by atoms with Crippen LogP contribution in [0.4, 0.5) is 0 Å². The van der Waals surface area contributed by atoms with E-state index < -0.39 is 0 Å². The maximum absolute atomic E-state index is 12.4. The summed E-state index contributed by atoms with van der Waals surface area (Å²) in [6, 6.07) is 8.04. The fraction of sp³-hybridized carbons (Fsp3) is 0.211. The number of ketones is 1. The predicted molar refractivity (Wildman–Crippen MR) is 94.1 cm³/mol. The van der Waals surface area contributed by atoms with E-state index in [4.69, 9.17) is 18.9 Å². The SMILES string of the molecule is COc1ccc(C=CC(=O)c2cc(OC)c(OC)c(OC)c2)cc1O. The lowest BCUT2D eigenvalue weighted by molar-refractivity contribution is 0.104. The van der Waals surface area contributed by atoms with Crippen LogP contribution in [0.3, 0.4) is 0 Å². The molecule has 6 heteroatoms. The Kier molecular flexibility index (Phi) is 5.89. The number of ether oxygens (including phenoxy) is 4. The molecule has 132 valence electrons. The van der Waals surface area contributed by atoms with E-state index in [1.165, 1.54) is 40.6 Å². The first-order chi connectivity index (χ1) is 12.0. The molecule has 0 atom stereocenters. The van der Waals surface area contributed by atoms with Gasteiger partial charge >= 0.3 is 0 Å². The molecule has 0 bridgehead atoms. The van der Waals surface area contributed by atoms with E-state index in [1.54, 1.807) is 30.3 Å². The van der Waals surface area contributed by atoms with E-state index >= 15 is 0 Å². The Morgan fingerprint density at radius 1 is 0.880 bits per heavy atom. The lowest BCUT2D eigenvalue weighted by Crippen LogP contribution is -2.00. The summed E-state index contributed by atoms with van der Waals surface area (Å²) in [6.45, 7) is 0. The zero-order chi connectivity index (χ0) is 18.4. The van der Waals surface area contributed by atoms with Crippen molar-refractivity contribution in [3.63, 3.8) is 0 Å². The van der Waals surface area contributed by atoms with Gasteiger partial charge in [-0.25, -0.2) is 0 Å². The molecule has 0 saturated heterocycles. The maximum atomic E-state index is 12.4. The van der Waals surface area contributed by atoms with Gasteiger partial charge in [-0.05, 0) is 35.9 Å². The zero-order valence-electron chi connectivity index (χ0n) is 14.5. The average Bonchev–Trinajstić information content (AvgIpc) is 2.64. The van der Waals surface area contributed by atoms with Crippen molar-refractivity contribution in [1.82, 2.24) is 0 Å². The molecule has 2 aromatic carbocycles. The first-order valence-electron chi connectivity index (χ1n) is 7.43. The molecule has 0 aromatic heterocycles. The van der Waals surface area contributed by atoms with Crippen molar-refractivity contribution in [3.05, 3.63) is 47.5 Å². The molecule has 0 amide bonds. The number of aromatic hydroxyl groups is 1. The molecule has 0 saturated carbocycles. The lowest BCUT2D eigenvalue weighted by atomic mass is 10.1. The molecule has 6 nitrogen and oxygen atoms in total. The van der Waals surface area contributed by atoms with Gasteiger partial charge in [0, 0.05) is 5.56 Å². The van der Waals surface area contributed by atoms with Gasteiger partial charge < -0.3 is 24.1 Å². The number of benzene rings is 2. The number of rotatable bonds is 7. The summed E-state index contributed by atoms with van der Waals surface area (Å²) in [7, 11) is 5.94. The van der Waals surface area contributed by atoms with Crippen LogP contribution in [0.1, 0.15) is 15.9 Å². The van der Waals surface area contributed by atoms with Crippen molar-refractivity contribution in [2.75, 3.05) is 28.4 Å². The summed E-state index contributed by atoms with van der Waals surface area (Å²) in [4.78, 5) is 12.4. The number of allylic oxidation sites excluding steroid dienone is 1. The number of hydrogen-bond donors (Lipinski definition) is 1. The summed E-state index contributed by atoms with van der Waals surface area (Å²) in [5.74, 6) is 1.36. The molecule has 0 radical (unpaired) electrons. The number of phenols is 1. The van der Waals surface area contributed by atoms with Crippen LogP contribution in [-0.4, -0.2) is 39.3 Å². The number of carbonyl (C=O) groups is 1. The monoisotopic (exact) mass is 344 g/mol. The molecular formula is C19H20O6. The standard InChI is InChI=1S/C19H20O6/c1-22-16-8-6-12(9-15(16)21)5-7-14(20)13-10-17(23-2)19(25-4)18(11-13)24-3/h5-11,21H,1-4H3. The smallest absolute Gasteiger partial charge is 0.203 e. The minimum Gasteiger partial charge on any atom is -0.504 e. The minimum absolute atomic E-state index is 0.00452. The molecule has 0 aliphatic heterocycles. The van der Waals surface area contributed by atoms with Crippen LogP contribution >= 0.6 is 0 Å². The van der Waals surface area contributed by atoms with E-state index in [1.807, 2.05) is 0 Å². The maximum Gasteiger partial charge on any atom is 0.203 e. The van der Waals surface area contributed by atoms with Crippen LogP contribution in [0.2, 0.25) is 0 Å². The Balaban J connectivity index is 2.30. The highest BCUT2D eigenvalue weighted by Gasteiger charge is 2.15. The van der Waals surface area contributed by atoms with Crippen molar-refractivity contribution in [2.45, 2.75) is 0 Å². The summed E-state index contributed by atoms with van der Waals surface area (Å²) < 4.78 is 20.7. The second-order valence-corrected chi connectivity index (χ2v) is 5.04. The highest BCUT2D eigenvalue weighted by Crippen LogP contribution is 2.38. The van der Waals surface area contributed by atoms with Crippen molar-refractivity contribution >= 4 is 11.9 Å². The first-order valence-corrected chi connectivity index (χ1v) is 7.43. The Bertz CT molecular complexity index is 769. The molecule has 0 heterocycles. The molecule has 2 aromatic rings. The fourth-order valence-corrected chi connectivity index (χ4v) is 2.30. The summed E-state index contributed by atoms with van der Waals surface area (Å²) in [6.07, 6.45) is 3.01. The third kappa shape index (κ3) is 4.03. The van der Waals surface area contributed by atoms with Gasteiger partial charge in [0.2, 0.25) is 5.75 Å². The van der Waals surface area contributed by atoms with Crippen molar-refractivity contribution in [1.29, 1.82) is 0 Å². The molecule has 25 heavy (non-hydrogen) atoms. The topological polar surface area (TPSA) is 74.2 Å². The predicted octanol–water partition coefficient (Wildman–Crippen LogP) is 3.32. The van der Waals surface area contributed by atoms with E-state index in [0.29, 0.717) is 34.1 Å². The van der Waals surface area contributed by atoms with Crippen LogP contribution in [0.5, 0.6) is 28.7 Å². The van der Waals surface area contributed by atoms with Gasteiger partial charge in [-0.2, -0.15) is 0 Å². The molecule has 2 rings (SSSR count). The number of hydrogen-bond acceptors (Lipinski definition) is 6. The quantitative estimate of drug-likeness (QED) is 0.613. The molecular weight excluding hydrogens is 324 g/mol. The fourth-order valence-electron chi connectivity index (χ4n) is 2.30. The van der Waals surface area contributed by atoms with E-state index in [-0.39, 0.29) is 11.5 Å². The van der Waals surface area contributed by atoms with Crippen molar-refractivity contribution in [3.8, 4) is 28.7 Å². The van der Waals surface area contributed by atoms with Gasteiger partial charge in [0.15, 0.2) is 28.8 Å². The van der Waals surface area contributed by atoms with Gasteiger partial charge in [-0.3, -0.25) is 4.79 Å². The van der Waals surface area contributed by atoms with Crippen LogP contribution in [0, 0.1) is 0 Å². The Labute approximate surface area is 146 Å². The third-order valence-corrected chi connectivity index (χ3v) is 3.58. The van der Waals surface area contributed by atoms with E-state index in [2.05, 4.69) is 0 Å². The molecule has 0 aliphatic carbocycles. The number of carbonyl (C=O) groups excluding carboxylic acids is 1. The molecule has 1 N–H and O–H groups in total. The third-order valence-electron chi connectivity index (χ3n) is 3.58. The Morgan fingerprint density at radius 3 is 1.96 bits per heavy atom. The van der Waals surface area contributed by atoms with Crippen molar-refractivity contribution in [2.24, 2.45) is 0 Å². The summed E-state index contributed by atoms with van der Waals surface area (Å²) >= 11 is 0. The summed E-state index contributed by atoms with van der Waals surface area (Å²) in [5.41, 5.74) is 1.06.